The molecule has 0 fully saturated rings. The van der Waals surface area contributed by atoms with Gasteiger partial charge in [-0.25, -0.2) is 0 Å². The van der Waals surface area contributed by atoms with Crippen molar-refractivity contribution >= 4 is 17.1 Å². The number of anilines is 3. The van der Waals surface area contributed by atoms with Crippen LogP contribution in [0.1, 0.15) is 13.8 Å². The van der Waals surface area contributed by atoms with Crippen LogP contribution in [0.2, 0.25) is 0 Å². The number of nitrogens with zero attached hydrogens (tertiary/aromatic N) is 1. The molecule has 0 saturated heterocycles. The first-order valence-electron chi connectivity index (χ1n) is 5.61. The van der Waals surface area contributed by atoms with Gasteiger partial charge in [-0.2, -0.15) is 0 Å². The number of rotatable bonds is 1. The maximum atomic E-state index is 5.93. The van der Waals surface area contributed by atoms with Gasteiger partial charge in [0.15, 0.2) is 11.4 Å². The fourth-order valence-electron chi connectivity index (χ4n) is 2.16. The summed E-state index contributed by atoms with van der Waals surface area (Å²) in [5.74, 6) is 1.26. The van der Waals surface area contributed by atoms with Crippen LogP contribution in [0.4, 0.5) is 17.1 Å². The lowest BCUT2D eigenvalue weighted by Crippen LogP contribution is -2.28. The lowest BCUT2D eigenvalue weighted by Gasteiger charge is -2.33. The van der Waals surface area contributed by atoms with Crippen LogP contribution in [0.3, 0.4) is 0 Å². The fourth-order valence-corrected chi connectivity index (χ4v) is 2.16. The molecule has 2 heterocycles. The number of benzene rings is 1. The van der Waals surface area contributed by atoms with E-state index in [1.807, 2.05) is 24.3 Å². The van der Waals surface area contributed by atoms with Crippen LogP contribution in [0, 0.1) is 0 Å². The van der Waals surface area contributed by atoms with Crippen LogP contribution in [-0.4, -0.2) is 6.04 Å². The van der Waals surface area contributed by atoms with Gasteiger partial charge < -0.3 is 19.8 Å². The highest BCUT2D eigenvalue weighted by atomic mass is 16.6. The molecule has 88 valence electrons. The highest BCUT2D eigenvalue weighted by Crippen LogP contribution is 2.50. The lowest BCUT2D eigenvalue weighted by atomic mass is 10.1. The van der Waals surface area contributed by atoms with Crippen LogP contribution >= 0.6 is 0 Å². The molecule has 17 heavy (non-hydrogen) atoms. The second-order valence-corrected chi connectivity index (χ2v) is 4.36. The molecular weight excluding hydrogens is 216 g/mol. The number of furan rings is 1. The molecule has 4 nitrogen and oxygen atoms in total. The van der Waals surface area contributed by atoms with E-state index >= 15 is 0 Å². The Bertz CT molecular complexity index is 560. The van der Waals surface area contributed by atoms with Crippen molar-refractivity contribution in [3.8, 4) is 11.7 Å². The largest absolute Gasteiger partial charge is 0.430 e. The maximum absolute atomic E-state index is 5.93. The molecule has 3 rings (SSSR count). The zero-order chi connectivity index (χ0) is 12.0. The predicted molar refractivity (Wildman–Crippen MR) is 66.9 cm³/mol. The number of hydrogen-bond donors (Lipinski definition) is 1. The van der Waals surface area contributed by atoms with Crippen LogP contribution in [0.25, 0.3) is 0 Å². The monoisotopic (exact) mass is 230 g/mol. The standard InChI is InChI=1S/C13H14N2O2/c1-8(2)15-10-5-3-4-6-11(10)17-13-12(15)9(14)7-16-13/h3-8H,14H2,1-2H3. The van der Waals surface area contributed by atoms with Gasteiger partial charge in [-0.3, -0.25) is 0 Å². The molecule has 0 atom stereocenters. The zero-order valence-electron chi connectivity index (χ0n) is 9.81. The predicted octanol–water partition coefficient (Wildman–Crippen LogP) is 3.51. The average Bonchev–Trinajstić information content (AvgIpc) is 2.67. The van der Waals surface area contributed by atoms with E-state index in [9.17, 15) is 0 Å². The van der Waals surface area contributed by atoms with E-state index in [2.05, 4.69) is 18.7 Å². The molecule has 4 heteroatoms. The van der Waals surface area contributed by atoms with Crippen molar-refractivity contribution in [3.05, 3.63) is 30.5 Å². The molecule has 1 aromatic heterocycles. The third-order valence-corrected chi connectivity index (χ3v) is 2.84. The van der Waals surface area contributed by atoms with Gasteiger partial charge in [0.25, 0.3) is 0 Å². The number of ether oxygens (including phenoxy) is 1. The normalized spacial score (nSPS) is 13.2. The van der Waals surface area contributed by atoms with Crippen molar-refractivity contribution in [3.63, 3.8) is 0 Å². The molecule has 0 aliphatic carbocycles. The molecule has 0 amide bonds. The minimum Gasteiger partial charge on any atom is -0.430 e. The van der Waals surface area contributed by atoms with Gasteiger partial charge in [-0.05, 0) is 26.0 Å². The highest BCUT2D eigenvalue weighted by molar-refractivity contribution is 5.84. The van der Waals surface area contributed by atoms with E-state index in [0.29, 0.717) is 11.6 Å². The van der Waals surface area contributed by atoms with Crippen LogP contribution in [-0.2, 0) is 0 Å². The van der Waals surface area contributed by atoms with Crippen LogP contribution in [0.5, 0.6) is 11.7 Å². The van der Waals surface area contributed by atoms with E-state index < -0.39 is 0 Å². The Hall–Kier alpha value is -2.10. The van der Waals surface area contributed by atoms with Gasteiger partial charge in [0.1, 0.15) is 6.26 Å². The molecule has 2 aromatic rings. The molecule has 1 aliphatic rings. The maximum Gasteiger partial charge on any atom is 0.317 e. The van der Waals surface area contributed by atoms with Gasteiger partial charge in [0.2, 0.25) is 0 Å². The molecule has 0 bridgehead atoms. The van der Waals surface area contributed by atoms with Gasteiger partial charge in [-0.15, -0.1) is 0 Å². The highest BCUT2D eigenvalue weighted by Gasteiger charge is 2.30. The smallest absolute Gasteiger partial charge is 0.317 e. The third kappa shape index (κ3) is 1.37. The van der Waals surface area contributed by atoms with E-state index in [0.717, 1.165) is 17.1 Å². The Balaban J connectivity index is 2.22. The Labute approximate surface area is 99.6 Å². The molecule has 1 aliphatic heterocycles. The number of fused-ring (bicyclic) bond motifs is 2. The SMILES string of the molecule is CC(C)N1c2ccccc2Oc2occ(N)c21. The number of hydrogen-bond acceptors (Lipinski definition) is 4. The number of para-hydroxylation sites is 2. The zero-order valence-corrected chi connectivity index (χ0v) is 9.81. The van der Waals surface area contributed by atoms with Crippen LogP contribution < -0.4 is 15.4 Å². The number of nitrogen functional groups attached to an aromatic ring is 1. The first-order valence-corrected chi connectivity index (χ1v) is 5.61. The summed E-state index contributed by atoms with van der Waals surface area (Å²) in [6.07, 6.45) is 1.52. The van der Waals surface area contributed by atoms with Gasteiger partial charge >= 0.3 is 5.95 Å². The van der Waals surface area contributed by atoms with Crippen molar-refractivity contribution < 1.29 is 9.15 Å². The third-order valence-electron chi connectivity index (χ3n) is 2.84. The summed E-state index contributed by atoms with van der Waals surface area (Å²) in [5.41, 5.74) is 8.37. The number of nitrogens with two attached hydrogens (primary N) is 1. The Morgan fingerprint density at radius 3 is 2.76 bits per heavy atom. The summed E-state index contributed by atoms with van der Waals surface area (Å²) < 4.78 is 11.0. The van der Waals surface area contributed by atoms with Crippen molar-refractivity contribution in [2.75, 3.05) is 10.6 Å². The van der Waals surface area contributed by atoms with E-state index in [-0.39, 0.29) is 6.04 Å². The van der Waals surface area contributed by atoms with Gasteiger partial charge in [-0.1, -0.05) is 12.1 Å². The molecule has 0 spiro atoms. The molecule has 1 aromatic carbocycles. The fraction of sp³-hybridized carbons (Fsp3) is 0.231. The molecule has 2 N–H and O–H groups in total. The van der Waals surface area contributed by atoms with E-state index in [4.69, 9.17) is 14.9 Å². The summed E-state index contributed by atoms with van der Waals surface area (Å²) in [7, 11) is 0. The molecule has 0 saturated carbocycles. The molecule has 0 unspecified atom stereocenters. The van der Waals surface area contributed by atoms with Crippen molar-refractivity contribution in [1.82, 2.24) is 0 Å². The quantitative estimate of drug-likeness (QED) is 0.814. The summed E-state index contributed by atoms with van der Waals surface area (Å²) in [4.78, 5) is 2.13. The minimum atomic E-state index is 0.277. The molecule has 0 radical (unpaired) electrons. The second kappa shape index (κ2) is 3.45. The van der Waals surface area contributed by atoms with Crippen molar-refractivity contribution in [1.29, 1.82) is 0 Å². The van der Waals surface area contributed by atoms with Gasteiger partial charge in [0, 0.05) is 6.04 Å². The lowest BCUT2D eigenvalue weighted by molar-refractivity contribution is 0.341. The summed E-state index contributed by atoms with van der Waals surface area (Å²) in [6.45, 7) is 4.22. The Morgan fingerprint density at radius 2 is 2.00 bits per heavy atom. The molecular formula is C13H14N2O2. The van der Waals surface area contributed by atoms with Gasteiger partial charge in [0.05, 0.1) is 11.4 Å². The van der Waals surface area contributed by atoms with Crippen molar-refractivity contribution in [2.45, 2.75) is 19.9 Å². The summed E-state index contributed by atoms with van der Waals surface area (Å²) >= 11 is 0. The first-order chi connectivity index (χ1) is 8.18. The Kier molecular flexibility index (Phi) is 2.04. The van der Waals surface area contributed by atoms with E-state index in [1.54, 1.807) is 0 Å². The van der Waals surface area contributed by atoms with Crippen molar-refractivity contribution in [2.24, 2.45) is 0 Å². The summed E-state index contributed by atoms with van der Waals surface area (Å²) in [5, 5.41) is 0. The second-order valence-electron chi connectivity index (χ2n) is 4.36. The van der Waals surface area contributed by atoms with E-state index in [1.165, 1.54) is 6.26 Å². The minimum absolute atomic E-state index is 0.277. The average molecular weight is 230 g/mol. The summed E-state index contributed by atoms with van der Waals surface area (Å²) in [6, 6.07) is 8.14. The Morgan fingerprint density at radius 1 is 1.24 bits per heavy atom. The van der Waals surface area contributed by atoms with Crippen LogP contribution in [0.15, 0.2) is 34.9 Å². The topological polar surface area (TPSA) is 51.6 Å². The first kappa shape index (κ1) is 10.1.